The van der Waals surface area contributed by atoms with Crippen LogP contribution >= 0.6 is 11.6 Å². The molecule has 118 valence electrons. The van der Waals surface area contributed by atoms with Crippen LogP contribution in [0.2, 0.25) is 5.02 Å². The van der Waals surface area contributed by atoms with Gasteiger partial charge < -0.3 is 5.11 Å². The van der Waals surface area contributed by atoms with E-state index in [0.717, 1.165) is 6.07 Å². The molecule has 0 saturated carbocycles. The molecule has 1 saturated heterocycles. The summed E-state index contributed by atoms with van der Waals surface area (Å²) in [5.74, 6) is -0.569. The summed E-state index contributed by atoms with van der Waals surface area (Å²) >= 11 is 5.84. The van der Waals surface area contributed by atoms with Gasteiger partial charge in [0.15, 0.2) is 6.30 Å². The molecule has 1 aliphatic rings. The number of benzene rings is 1. The van der Waals surface area contributed by atoms with Crippen molar-refractivity contribution in [3.8, 4) is 0 Å². The van der Waals surface area contributed by atoms with Crippen LogP contribution in [0.25, 0.3) is 0 Å². The van der Waals surface area contributed by atoms with Gasteiger partial charge in [0.1, 0.15) is 5.82 Å². The number of piperidine rings is 1. The third-order valence-corrected chi connectivity index (χ3v) is 4.04. The van der Waals surface area contributed by atoms with Gasteiger partial charge in [-0.3, -0.25) is 10.00 Å². The Morgan fingerprint density at radius 3 is 2.82 bits per heavy atom. The predicted molar refractivity (Wildman–Crippen MR) is 76.3 cm³/mol. The summed E-state index contributed by atoms with van der Waals surface area (Å²) < 4.78 is 29.1. The third-order valence-electron chi connectivity index (χ3n) is 3.82. The van der Waals surface area contributed by atoms with Crippen molar-refractivity contribution in [1.29, 1.82) is 0 Å². The lowest BCUT2D eigenvalue weighted by Gasteiger charge is -2.39. The molecule has 0 spiro atoms. The maximum absolute atomic E-state index is 14.1. The summed E-state index contributed by atoms with van der Waals surface area (Å²) in [6, 6.07) is 3.25. The number of nitrogens with one attached hydrogen (secondary N) is 1. The van der Waals surface area contributed by atoms with Gasteiger partial charge in [0.25, 0.3) is 0 Å². The summed E-state index contributed by atoms with van der Waals surface area (Å²) in [4.78, 5) is 0. The molecule has 2 aromatic rings. The van der Waals surface area contributed by atoms with Crippen molar-refractivity contribution in [2.24, 2.45) is 7.05 Å². The topological polar surface area (TPSA) is 63.0 Å². The summed E-state index contributed by atoms with van der Waals surface area (Å²) in [7, 11) is 1.70. The van der Waals surface area contributed by atoms with Crippen LogP contribution in [-0.2, 0) is 12.6 Å². The molecule has 8 heteroatoms. The molecule has 0 bridgehead atoms. The number of nitrogens with zero attached hydrogens (tertiary/aromatic N) is 3. The second-order valence-corrected chi connectivity index (χ2v) is 6.04. The molecule has 1 aromatic heterocycles. The maximum atomic E-state index is 14.1. The highest BCUT2D eigenvalue weighted by molar-refractivity contribution is 6.30. The van der Waals surface area contributed by atoms with E-state index in [1.54, 1.807) is 13.2 Å². The Bertz CT molecular complexity index is 675. The Balaban J connectivity index is 1.94. The largest absolute Gasteiger partial charge is 0.385 e. The fourth-order valence-electron chi connectivity index (χ4n) is 2.83. The van der Waals surface area contributed by atoms with Gasteiger partial charge in [0, 0.05) is 31.1 Å². The van der Waals surface area contributed by atoms with E-state index in [1.165, 1.54) is 16.8 Å². The minimum absolute atomic E-state index is 0.145. The van der Waals surface area contributed by atoms with E-state index < -0.39 is 23.8 Å². The first kappa shape index (κ1) is 15.3. The molecule has 0 aliphatic carbocycles. The summed E-state index contributed by atoms with van der Waals surface area (Å²) in [5.41, 5.74) is -0.750. The number of aryl methyl sites for hydroxylation is 1. The van der Waals surface area contributed by atoms with Gasteiger partial charge in [-0.15, -0.1) is 5.10 Å². The normalized spacial score (nSPS) is 28.8. The Morgan fingerprint density at radius 2 is 2.18 bits per heavy atom. The highest BCUT2D eigenvalue weighted by Crippen LogP contribution is 2.40. The Labute approximate surface area is 130 Å². The maximum Gasteiger partial charge on any atom is 0.154 e. The monoisotopic (exact) mass is 328 g/mol. The molecule has 0 radical (unpaired) electrons. The minimum atomic E-state index is -1.53. The number of hydrogen-bond acceptors (Lipinski definition) is 4. The van der Waals surface area contributed by atoms with E-state index in [1.807, 2.05) is 0 Å². The second kappa shape index (κ2) is 5.57. The molecular formula is C14H15ClF2N4O. The van der Waals surface area contributed by atoms with Gasteiger partial charge in [0.05, 0.1) is 17.3 Å². The van der Waals surface area contributed by atoms with E-state index in [-0.39, 0.29) is 23.4 Å². The van der Waals surface area contributed by atoms with Gasteiger partial charge in [-0.2, -0.15) is 0 Å². The van der Waals surface area contributed by atoms with Crippen LogP contribution in [-0.4, -0.2) is 26.4 Å². The molecule has 22 heavy (non-hydrogen) atoms. The molecule has 0 unspecified atom stereocenters. The second-order valence-electron chi connectivity index (χ2n) is 5.60. The van der Waals surface area contributed by atoms with Gasteiger partial charge >= 0.3 is 0 Å². The lowest BCUT2D eigenvalue weighted by atomic mass is 9.80. The van der Waals surface area contributed by atoms with Gasteiger partial charge in [0.2, 0.25) is 0 Å². The van der Waals surface area contributed by atoms with Crippen LogP contribution < -0.4 is 5.32 Å². The molecule has 5 nitrogen and oxygen atoms in total. The van der Waals surface area contributed by atoms with Gasteiger partial charge in [-0.25, -0.2) is 8.78 Å². The van der Waals surface area contributed by atoms with Crippen molar-refractivity contribution in [2.75, 3.05) is 0 Å². The van der Waals surface area contributed by atoms with Crippen molar-refractivity contribution >= 4 is 11.6 Å². The Hall–Kier alpha value is -1.57. The first-order chi connectivity index (χ1) is 10.4. The molecular weight excluding hydrogens is 314 g/mol. The summed E-state index contributed by atoms with van der Waals surface area (Å²) in [5, 5.41) is 21.5. The highest BCUT2D eigenvalue weighted by Gasteiger charge is 2.42. The zero-order valence-corrected chi connectivity index (χ0v) is 12.6. The summed E-state index contributed by atoms with van der Waals surface area (Å²) in [6.07, 6.45) is 0.150. The zero-order chi connectivity index (χ0) is 15.9. The number of hydrogen-bond donors (Lipinski definition) is 2. The Morgan fingerprint density at radius 1 is 1.41 bits per heavy atom. The van der Waals surface area contributed by atoms with Gasteiger partial charge in [-0.1, -0.05) is 16.8 Å². The first-order valence-electron chi connectivity index (χ1n) is 6.81. The van der Waals surface area contributed by atoms with E-state index in [9.17, 15) is 13.9 Å². The van der Waals surface area contributed by atoms with Crippen molar-refractivity contribution in [1.82, 2.24) is 20.3 Å². The van der Waals surface area contributed by atoms with E-state index >= 15 is 0 Å². The predicted octanol–water partition coefficient (Wildman–Crippen LogP) is 2.22. The highest BCUT2D eigenvalue weighted by atomic mass is 35.5. The lowest BCUT2D eigenvalue weighted by Crippen LogP contribution is -2.46. The number of alkyl halides is 1. The van der Waals surface area contributed by atoms with Crippen LogP contribution in [0.1, 0.15) is 30.1 Å². The van der Waals surface area contributed by atoms with Crippen LogP contribution in [0.3, 0.4) is 0 Å². The van der Waals surface area contributed by atoms with Crippen LogP contribution in [0, 0.1) is 5.82 Å². The molecule has 1 aliphatic heterocycles. The molecule has 0 amide bonds. The van der Waals surface area contributed by atoms with Crippen molar-refractivity contribution in [2.45, 2.75) is 30.8 Å². The van der Waals surface area contributed by atoms with E-state index in [0.29, 0.717) is 5.69 Å². The SMILES string of the molecule is Cn1cc([C@@H]2C[C@](O)(c3cc(F)cc(Cl)c3)C[C@H](F)N2)nn1. The number of aromatic nitrogens is 3. The fraction of sp³-hybridized carbons (Fsp3) is 0.429. The van der Waals surface area contributed by atoms with Crippen molar-refractivity contribution in [3.05, 3.63) is 46.5 Å². The average molecular weight is 329 g/mol. The van der Waals surface area contributed by atoms with Gasteiger partial charge in [-0.05, 0) is 23.8 Å². The van der Waals surface area contributed by atoms with Crippen LogP contribution in [0.5, 0.6) is 0 Å². The quantitative estimate of drug-likeness (QED) is 0.830. The molecule has 3 atom stereocenters. The van der Waals surface area contributed by atoms with E-state index in [4.69, 9.17) is 11.6 Å². The number of halogens is 3. The Kier molecular flexibility index (Phi) is 3.88. The molecule has 1 fully saturated rings. The molecule has 3 rings (SSSR count). The molecule has 2 N–H and O–H groups in total. The average Bonchev–Trinajstić information content (AvgIpc) is 2.83. The fourth-order valence-corrected chi connectivity index (χ4v) is 3.05. The molecule has 2 heterocycles. The van der Waals surface area contributed by atoms with Crippen LogP contribution in [0.4, 0.5) is 8.78 Å². The zero-order valence-electron chi connectivity index (χ0n) is 11.8. The lowest BCUT2D eigenvalue weighted by molar-refractivity contribution is -0.0500. The van der Waals surface area contributed by atoms with Crippen LogP contribution in [0.15, 0.2) is 24.4 Å². The summed E-state index contributed by atoms with van der Waals surface area (Å²) in [6.45, 7) is 0. The first-order valence-corrected chi connectivity index (χ1v) is 7.19. The number of aliphatic hydroxyl groups is 1. The third kappa shape index (κ3) is 2.97. The minimum Gasteiger partial charge on any atom is -0.385 e. The van der Waals surface area contributed by atoms with Crippen molar-refractivity contribution in [3.63, 3.8) is 0 Å². The standard InChI is InChI=1S/C14H15ClF2N4O/c1-21-7-12(19-20-21)11-5-14(22,6-13(17)18-11)8-2-9(15)4-10(16)3-8/h2-4,7,11,13,18,22H,5-6H2,1H3/t11-,13+,14+/m0/s1. The van der Waals surface area contributed by atoms with Crippen molar-refractivity contribution < 1.29 is 13.9 Å². The number of rotatable bonds is 2. The molecule has 1 aromatic carbocycles. The smallest absolute Gasteiger partial charge is 0.154 e. The van der Waals surface area contributed by atoms with E-state index in [2.05, 4.69) is 15.6 Å².